The maximum atomic E-state index is 12.5. The Hall–Kier alpha value is -1.35. The highest BCUT2D eigenvalue weighted by Crippen LogP contribution is 2.68. The van der Waals surface area contributed by atoms with Gasteiger partial charge >= 0.3 is 5.97 Å². The van der Waals surface area contributed by atoms with Crippen LogP contribution in [0.4, 0.5) is 0 Å². The zero-order chi connectivity index (χ0) is 40.2. The van der Waals surface area contributed by atoms with E-state index in [1.54, 1.807) is 0 Å². The second kappa shape index (κ2) is 15.3. The number of aliphatic hydroxyl groups excluding tert-OH is 8. The zero-order valence-corrected chi connectivity index (χ0v) is 32.8. The van der Waals surface area contributed by atoms with Crippen LogP contribution in [0.3, 0.4) is 0 Å². The van der Waals surface area contributed by atoms with Crippen molar-refractivity contribution in [1.82, 2.24) is 0 Å². The molecular formula is C40H62O16. The van der Waals surface area contributed by atoms with Gasteiger partial charge in [0.15, 0.2) is 18.9 Å². The molecule has 16 nitrogen and oxygen atoms in total. The molecule has 4 saturated heterocycles. The number of carbonyl (C=O) groups excluding carboxylic acids is 1. The summed E-state index contributed by atoms with van der Waals surface area (Å²) in [7, 11) is 0. The van der Waals surface area contributed by atoms with E-state index in [0.717, 1.165) is 32.1 Å². The highest BCUT2D eigenvalue weighted by molar-refractivity contribution is 5.75. The van der Waals surface area contributed by atoms with Crippen LogP contribution in [0.15, 0.2) is 11.6 Å². The summed E-state index contributed by atoms with van der Waals surface area (Å²) in [5.41, 5.74) is 1.32. The van der Waals surface area contributed by atoms with E-state index < -0.39 is 98.7 Å². The fraction of sp³-hybridized carbons (Fsp3) is 0.925. The molecule has 8 aliphatic rings. The summed E-state index contributed by atoms with van der Waals surface area (Å²) in [4.78, 5) is 12.5. The van der Waals surface area contributed by atoms with Crippen LogP contribution in [0.1, 0.15) is 79.6 Å². The molecule has 0 aromatic heterocycles. The van der Waals surface area contributed by atoms with E-state index in [9.17, 15) is 45.6 Å². The number of fused-ring (bicyclic) bond motifs is 7. The van der Waals surface area contributed by atoms with Crippen LogP contribution in [0.2, 0.25) is 0 Å². The molecule has 0 spiro atoms. The third-order valence-electron chi connectivity index (χ3n) is 15.6. The minimum Gasteiger partial charge on any atom is -0.462 e. The van der Waals surface area contributed by atoms with E-state index in [4.69, 9.17) is 33.2 Å². The topological polar surface area (TPSA) is 244 Å². The van der Waals surface area contributed by atoms with Crippen LogP contribution < -0.4 is 0 Å². The first kappa shape index (κ1) is 41.4. The number of carbonyl (C=O) groups is 1. The lowest BCUT2D eigenvalue weighted by Gasteiger charge is -2.58. The molecule has 3 saturated carbocycles. The molecule has 8 rings (SSSR count). The van der Waals surface area contributed by atoms with Crippen LogP contribution in [-0.4, -0.2) is 158 Å². The largest absolute Gasteiger partial charge is 0.462 e. The predicted octanol–water partition coefficient (Wildman–Crippen LogP) is -0.374. The van der Waals surface area contributed by atoms with E-state index in [-0.39, 0.29) is 40.8 Å². The predicted molar refractivity (Wildman–Crippen MR) is 191 cm³/mol. The van der Waals surface area contributed by atoms with Gasteiger partial charge < -0.3 is 74.0 Å². The van der Waals surface area contributed by atoms with Crippen LogP contribution in [0.5, 0.6) is 0 Å². The fourth-order valence-corrected chi connectivity index (χ4v) is 12.4. The summed E-state index contributed by atoms with van der Waals surface area (Å²) in [5.74, 6) is 1.57. The second-order valence-corrected chi connectivity index (χ2v) is 18.6. The highest BCUT2D eigenvalue weighted by atomic mass is 16.8. The molecule has 0 bridgehead atoms. The first-order valence-corrected chi connectivity index (χ1v) is 20.7. The van der Waals surface area contributed by atoms with Gasteiger partial charge in [0.1, 0.15) is 67.1 Å². The van der Waals surface area contributed by atoms with Crippen molar-refractivity contribution in [2.45, 2.75) is 184 Å². The normalized spacial score (nSPS) is 57.0. The maximum Gasteiger partial charge on any atom is 0.309 e. The van der Waals surface area contributed by atoms with Gasteiger partial charge in [-0.3, -0.25) is 4.79 Å². The van der Waals surface area contributed by atoms with E-state index in [1.165, 1.54) is 19.4 Å². The van der Waals surface area contributed by atoms with Crippen molar-refractivity contribution in [3.63, 3.8) is 0 Å². The molecule has 56 heavy (non-hydrogen) atoms. The number of esters is 1. The molecule has 0 radical (unpaired) electrons. The van der Waals surface area contributed by atoms with Gasteiger partial charge in [-0.2, -0.15) is 0 Å². The smallest absolute Gasteiger partial charge is 0.309 e. The lowest BCUT2D eigenvalue weighted by Crippen LogP contribution is -2.66. The molecule has 0 aromatic carbocycles. The van der Waals surface area contributed by atoms with Crippen LogP contribution >= 0.6 is 0 Å². The number of aliphatic hydroxyl groups is 8. The third-order valence-corrected chi connectivity index (χ3v) is 15.6. The van der Waals surface area contributed by atoms with Gasteiger partial charge in [0.2, 0.25) is 0 Å². The van der Waals surface area contributed by atoms with Crippen LogP contribution in [-0.2, 0) is 38.0 Å². The minimum absolute atomic E-state index is 0.00213. The standard InChI is InChI=1S/C40H62O16/c1-15-25-23(53-35(15)49)13-22-20-7-6-18-12-19(8-10-39(18,4)21(20)9-11-40(22,25)5)52-38-34(56-37-31(47)29(45)27(43)17(3)51-37)32(48)33(24(14-41)54-38)55-36-30(46)28(44)26(42)16(2)50-36/h6,15-17,19-34,36-38,41-48H,7-14H2,1-5H3. The summed E-state index contributed by atoms with van der Waals surface area (Å²) in [6.45, 7) is 9.10. The van der Waals surface area contributed by atoms with Crippen molar-refractivity contribution >= 4 is 5.97 Å². The molecule has 16 heteroatoms. The van der Waals surface area contributed by atoms with E-state index in [1.807, 2.05) is 6.92 Å². The Balaban J connectivity index is 1.01. The summed E-state index contributed by atoms with van der Waals surface area (Å²) >= 11 is 0. The van der Waals surface area contributed by atoms with Crippen molar-refractivity contribution < 1.29 is 78.8 Å². The van der Waals surface area contributed by atoms with Crippen molar-refractivity contribution in [3.8, 4) is 0 Å². The Morgan fingerprint density at radius 1 is 0.732 bits per heavy atom. The first-order chi connectivity index (χ1) is 26.5. The molecule has 0 amide bonds. The van der Waals surface area contributed by atoms with Gasteiger partial charge in [0, 0.05) is 5.92 Å². The lowest BCUT2D eigenvalue weighted by atomic mass is 9.47. The first-order valence-electron chi connectivity index (χ1n) is 20.7. The fourth-order valence-electron chi connectivity index (χ4n) is 12.4. The van der Waals surface area contributed by atoms with Crippen molar-refractivity contribution in [3.05, 3.63) is 11.6 Å². The number of ether oxygens (including phenoxy) is 7. The van der Waals surface area contributed by atoms with Crippen molar-refractivity contribution in [2.24, 2.45) is 40.4 Å². The average Bonchev–Trinajstić information content (AvgIpc) is 3.63. The molecule has 7 fully saturated rings. The number of hydrogen-bond acceptors (Lipinski definition) is 16. The molecule has 8 N–H and O–H groups in total. The average molecular weight is 799 g/mol. The molecule has 4 aliphatic carbocycles. The zero-order valence-electron chi connectivity index (χ0n) is 32.8. The maximum absolute atomic E-state index is 12.5. The summed E-state index contributed by atoms with van der Waals surface area (Å²) < 4.78 is 42.2. The Morgan fingerprint density at radius 3 is 1.98 bits per heavy atom. The quantitative estimate of drug-likeness (QED) is 0.121. The van der Waals surface area contributed by atoms with E-state index in [2.05, 4.69) is 19.9 Å². The van der Waals surface area contributed by atoms with E-state index in [0.29, 0.717) is 30.6 Å². The van der Waals surface area contributed by atoms with Crippen molar-refractivity contribution in [1.29, 1.82) is 0 Å². The van der Waals surface area contributed by atoms with Gasteiger partial charge in [-0.1, -0.05) is 32.4 Å². The Labute approximate surface area is 327 Å². The Morgan fingerprint density at radius 2 is 1.36 bits per heavy atom. The van der Waals surface area contributed by atoms with Gasteiger partial charge in [0.05, 0.1) is 30.8 Å². The molecule has 4 heterocycles. The van der Waals surface area contributed by atoms with Crippen LogP contribution in [0, 0.1) is 40.4 Å². The highest BCUT2D eigenvalue weighted by Gasteiger charge is 2.66. The van der Waals surface area contributed by atoms with Gasteiger partial charge in [-0.05, 0) is 87.4 Å². The second-order valence-electron chi connectivity index (χ2n) is 18.6. The lowest BCUT2D eigenvalue weighted by molar-refractivity contribution is -0.388. The summed E-state index contributed by atoms with van der Waals surface area (Å²) in [5, 5.41) is 85.4. The molecular weight excluding hydrogens is 736 g/mol. The monoisotopic (exact) mass is 798 g/mol. The summed E-state index contributed by atoms with van der Waals surface area (Å²) in [6, 6.07) is 0. The molecule has 24 unspecified atom stereocenters. The van der Waals surface area contributed by atoms with Gasteiger partial charge in [-0.25, -0.2) is 0 Å². The molecule has 0 aromatic rings. The van der Waals surface area contributed by atoms with Gasteiger partial charge in [-0.15, -0.1) is 0 Å². The molecule has 318 valence electrons. The number of rotatable bonds is 7. The summed E-state index contributed by atoms with van der Waals surface area (Å²) in [6.07, 6.45) is -13.5. The number of hydrogen-bond donors (Lipinski definition) is 8. The SMILES string of the molecule is CC1OC(OC2C(CO)OC(OC3CCC4(C)C(=CCC5C4CCC4(C)C5CC5OC(=O)C(C)C54)C3)C(OC3OC(C)C(O)C(O)C3O)C2O)C(O)C(O)C1O. The van der Waals surface area contributed by atoms with Crippen LogP contribution in [0.25, 0.3) is 0 Å². The number of allylic oxidation sites excluding steroid dienone is 1. The Kier molecular flexibility index (Phi) is 11.3. The molecule has 4 aliphatic heterocycles. The third kappa shape index (κ3) is 6.62. The Bertz CT molecular complexity index is 1480. The van der Waals surface area contributed by atoms with E-state index >= 15 is 0 Å². The minimum atomic E-state index is -1.72. The van der Waals surface area contributed by atoms with Crippen molar-refractivity contribution in [2.75, 3.05) is 6.61 Å². The molecule has 24 atom stereocenters. The van der Waals surface area contributed by atoms with Gasteiger partial charge in [0.25, 0.3) is 0 Å².